The molecule has 6 nitrogen and oxygen atoms in total. The number of benzene rings is 2. The molecule has 1 amide bonds. The molecule has 0 aliphatic heterocycles. The van der Waals surface area contributed by atoms with Gasteiger partial charge in [0.15, 0.2) is 4.80 Å². The Morgan fingerprint density at radius 3 is 2.25 bits per heavy atom. The number of sulfonamides is 1. The third-order valence-corrected chi connectivity index (χ3v) is 8.12. The number of aryl methyl sites for hydroxylation is 2. The van der Waals surface area contributed by atoms with Crippen molar-refractivity contribution in [3.8, 4) is 0 Å². The highest BCUT2D eigenvalue weighted by atomic mass is 32.2. The van der Waals surface area contributed by atoms with Crippen LogP contribution >= 0.6 is 11.3 Å². The van der Waals surface area contributed by atoms with Crippen LogP contribution < -0.4 is 4.80 Å². The second kappa shape index (κ2) is 10.6. The molecule has 0 unspecified atom stereocenters. The van der Waals surface area contributed by atoms with Crippen LogP contribution in [0.25, 0.3) is 10.2 Å². The van der Waals surface area contributed by atoms with Crippen LogP contribution in [0.2, 0.25) is 0 Å². The fraction of sp³-hybridized carbons (Fsp3) is 0.417. The molecule has 32 heavy (non-hydrogen) atoms. The van der Waals surface area contributed by atoms with Crippen molar-refractivity contribution in [2.75, 3.05) is 13.1 Å². The maximum atomic E-state index is 12.9. The van der Waals surface area contributed by atoms with Gasteiger partial charge in [-0.25, -0.2) is 8.42 Å². The van der Waals surface area contributed by atoms with E-state index in [9.17, 15) is 13.2 Å². The summed E-state index contributed by atoms with van der Waals surface area (Å²) in [4.78, 5) is 18.1. The number of hydrogen-bond donors (Lipinski definition) is 0. The monoisotopic (exact) mass is 473 g/mol. The summed E-state index contributed by atoms with van der Waals surface area (Å²) in [6, 6.07) is 12.3. The molecule has 3 rings (SSSR count). The summed E-state index contributed by atoms with van der Waals surface area (Å²) >= 11 is 1.50. The van der Waals surface area contributed by atoms with Gasteiger partial charge in [0.25, 0.3) is 5.91 Å². The molecule has 172 valence electrons. The molecule has 8 heteroatoms. The van der Waals surface area contributed by atoms with Crippen LogP contribution in [0.3, 0.4) is 0 Å². The van der Waals surface area contributed by atoms with E-state index in [0.717, 1.165) is 41.6 Å². The Hall–Kier alpha value is -2.29. The quantitative estimate of drug-likeness (QED) is 0.440. The van der Waals surface area contributed by atoms with Crippen LogP contribution in [-0.2, 0) is 16.6 Å². The van der Waals surface area contributed by atoms with Gasteiger partial charge in [0, 0.05) is 25.2 Å². The first-order valence-electron chi connectivity index (χ1n) is 11.1. The molecule has 0 saturated heterocycles. The van der Waals surface area contributed by atoms with E-state index in [1.165, 1.54) is 27.8 Å². The summed E-state index contributed by atoms with van der Waals surface area (Å²) in [6.07, 6.45) is 2.43. The molecule has 0 spiro atoms. The number of hydrogen-bond acceptors (Lipinski definition) is 4. The Labute approximate surface area is 194 Å². The summed E-state index contributed by atoms with van der Waals surface area (Å²) in [5.74, 6) is -0.374. The van der Waals surface area contributed by atoms with Crippen molar-refractivity contribution < 1.29 is 13.2 Å². The number of fused-ring (bicyclic) bond motifs is 1. The highest BCUT2D eigenvalue weighted by Crippen LogP contribution is 2.20. The maximum Gasteiger partial charge on any atom is 0.279 e. The zero-order valence-corrected chi connectivity index (χ0v) is 20.8. The van der Waals surface area contributed by atoms with Crippen LogP contribution in [0, 0.1) is 6.92 Å². The number of carbonyl (C=O) groups is 1. The van der Waals surface area contributed by atoms with Crippen LogP contribution in [0.1, 0.15) is 56.0 Å². The molecular formula is C24H31N3O3S2. The lowest BCUT2D eigenvalue weighted by atomic mass is 10.2. The van der Waals surface area contributed by atoms with Gasteiger partial charge in [0.2, 0.25) is 10.0 Å². The van der Waals surface area contributed by atoms with Crippen LogP contribution in [0.5, 0.6) is 0 Å². The molecule has 2 aromatic carbocycles. The fourth-order valence-electron chi connectivity index (χ4n) is 3.63. The van der Waals surface area contributed by atoms with Crippen LogP contribution in [0.4, 0.5) is 0 Å². The maximum absolute atomic E-state index is 12.9. The summed E-state index contributed by atoms with van der Waals surface area (Å²) in [6.45, 7) is 9.79. The number of rotatable bonds is 9. The van der Waals surface area contributed by atoms with Crippen molar-refractivity contribution in [1.82, 2.24) is 8.87 Å². The van der Waals surface area contributed by atoms with E-state index in [0.29, 0.717) is 23.5 Å². The first-order valence-corrected chi connectivity index (χ1v) is 13.4. The second-order valence-electron chi connectivity index (χ2n) is 7.85. The van der Waals surface area contributed by atoms with Crippen molar-refractivity contribution >= 4 is 37.5 Å². The zero-order chi connectivity index (χ0) is 23.3. The Balaban J connectivity index is 1.94. The van der Waals surface area contributed by atoms with Gasteiger partial charge in [-0.3, -0.25) is 4.79 Å². The number of aromatic nitrogens is 1. The Morgan fingerprint density at radius 2 is 1.66 bits per heavy atom. The number of nitrogens with zero attached hydrogens (tertiary/aromatic N) is 3. The molecular weight excluding hydrogens is 442 g/mol. The first kappa shape index (κ1) is 24.4. The molecule has 0 aliphatic carbocycles. The third-order valence-electron chi connectivity index (χ3n) is 5.17. The van der Waals surface area contributed by atoms with Gasteiger partial charge in [-0.05, 0) is 68.1 Å². The van der Waals surface area contributed by atoms with Gasteiger partial charge in [-0.1, -0.05) is 38.2 Å². The molecule has 0 saturated carbocycles. The van der Waals surface area contributed by atoms with Gasteiger partial charge in [-0.15, -0.1) is 0 Å². The van der Waals surface area contributed by atoms with Gasteiger partial charge in [0.05, 0.1) is 15.1 Å². The lowest BCUT2D eigenvalue weighted by Gasteiger charge is -2.21. The minimum Gasteiger partial charge on any atom is -0.316 e. The van der Waals surface area contributed by atoms with Crippen molar-refractivity contribution in [1.29, 1.82) is 0 Å². The predicted octanol–water partition coefficient (Wildman–Crippen LogP) is 4.97. The Morgan fingerprint density at radius 1 is 1.00 bits per heavy atom. The van der Waals surface area contributed by atoms with E-state index in [4.69, 9.17) is 0 Å². The molecule has 0 atom stereocenters. The van der Waals surface area contributed by atoms with Gasteiger partial charge in [-0.2, -0.15) is 9.30 Å². The minimum absolute atomic E-state index is 0.203. The van der Waals surface area contributed by atoms with Gasteiger partial charge < -0.3 is 4.57 Å². The lowest BCUT2D eigenvalue weighted by Crippen LogP contribution is -2.32. The van der Waals surface area contributed by atoms with Crippen LogP contribution in [0.15, 0.2) is 52.4 Å². The Bertz CT molecular complexity index is 1250. The zero-order valence-electron chi connectivity index (χ0n) is 19.2. The number of thiazole rings is 1. The molecule has 0 radical (unpaired) electrons. The van der Waals surface area contributed by atoms with E-state index in [1.54, 1.807) is 12.1 Å². The molecule has 0 bridgehead atoms. The van der Waals surface area contributed by atoms with Gasteiger partial charge in [0.1, 0.15) is 0 Å². The minimum atomic E-state index is -3.57. The van der Waals surface area contributed by atoms with Gasteiger partial charge >= 0.3 is 0 Å². The fourth-order valence-corrected chi connectivity index (χ4v) is 6.40. The SMILES string of the molecule is CCCN(CCC)S(=O)(=O)c1ccc(C(=O)N=c2sc3cc(C)ccc3n2CCC)cc1. The molecule has 0 fully saturated rings. The second-order valence-corrected chi connectivity index (χ2v) is 10.8. The summed E-state index contributed by atoms with van der Waals surface area (Å²) in [7, 11) is -3.57. The van der Waals surface area contributed by atoms with Crippen LogP contribution in [-0.4, -0.2) is 36.3 Å². The summed E-state index contributed by atoms with van der Waals surface area (Å²) in [5.41, 5.74) is 2.61. The predicted molar refractivity (Wildman–Crippen MR) is 131 cm³/mol. The van der Waals surface area contributed by atoms with Crippen molar-refractivity contribution in [3.63, 3.8) is 0 Å². The third kappa shape index (κ3) is 5.19. The molecule has 1 aromatic heterocycles. The Kier molecular flexibility index (Phi) is 8.03. The highest BCUT2D eigenvalue weighted by molar-refractivity contribution is 7.89. The number of carbonyl (C=O) groups excluding carboxylic acids is 1. The normalized spacial score (nSPS) is 12.7. The largest absolute Gasteiger partial charge is 0.316 e. The van der Waals surface area contributed by atoms with E-state index in [1.807, 2.05) is 20.8 Å². The van der Waals surface area contributed by atoms with Crippen molar-refractivity contribution in [3.05, 3.63) is 58.4 Å². The van der Waals surface area contributed by atoms with E-state index in [2.05, 4.69) is 34.7 Å². The van der Waals surface area contributed by atoms with Crippen molar-refractivity contribution in [2.24, 2.45) is 4.99 Å². The lowest BCUT2D eigenvalue weighted by molar-refractivity contribution is 0.0997. The number of amides is 1. The summed E-state index contributed by atoms with van der Waals surface area (Å²) < 4.78 is 30.6. The molecule has 0 aliphatic rings. The smallest absolute Gasteiger partial charge is 0.279 e. The molecule has 3 aromatic rings. The average molecular weight is 474 g/mol. The first-order chi connectivity index (χ1) is 15.3. The van der Waals surface area contributed by atoms with E-state index >= 15 is 0 Å². The molecule has 1 heterocycles. The topological polar surface area (TPSA) is 71.7 Å². The molecule has 0 N–H and O–H groups in total. The summed E-state index contributed by atoms with van der Waals surface area (Å²) in [5, 5.41) is 0. The standard InChI is InChI=1S/C24H31N3O3S2/c1-5-14-26(15-6-2)32(29,30)20-11-9-19(10-12-20)23(28)25-24-27(16-7-3)21-13-8-18(4)17-22(21)31-24/h8-13,17H,5-7,14-16H2,1-4H3. The van der Waals surface area contributed by atoms with E-state index in [-0.39, 0.29) is 10.8 Å². The highest BCUT2D eigenvalue weighted by Gasteiger charge is 2.23. The average Bonchev–Trinajstić information content (AvgIpc) is 3.09. The van der Waals surface area contributed by atoms with E-state index < -0.39 is 10.0 Å². The van der Waals surface area contributed by atoms with Crippen molar-refractivity contribution in [2.45, 2.75) is 58.4 Å².